The zero-order valence-electron chi connectivity index (χ0n) is 10.5. The van der Waals surface area contributed by atoms with Crippen LogP contribution in [0.2, 0.25) is 0 Å². The lowest BCUT2D eigenvalue weighted by atomic mass is 10.1. The van der Waals surface area contributed by atoms with Crippen molar-refractivity contribution in [2.24, 2.45) is 0 Å². The van der Waals surface area contributed by atoms with E-state index in [2.05, 4.69) is 12.2 Å². The van der Waals surface area contributed by atoms with Crippen molar-refractivity contribution >= 4 is 0 Å². The molecule has 1 fully saturated rings. The Labute approximate surface area is 106 Å². The Balaban J connectivity index is 1.87. The van der Waals surface area contributed by atoms with Gasteiger partial charge in [-0.05, 0) is 31.4 Å². The largest absolute Gasteiger partial charge is 0.377 e. The van der Waals surface area contributed by atoms with Crippen LogP contribution in [-0.4, -0.2) is 18.8 Å². The number of benzene rings is 1. The number of alkyl halides is 2. The molecular formula is C14H19F2NO. The highest BCUT2D eigenvalue weighted by Gasteiger charge is 2.21. The minimum Gasteiger partial charge on any atom is -0.377 e. The molecule has 1 N–H and O–H groups in total. The lowest BCUT2D eigenvalue weighted by Gasteiger charge is -2.20. The molecule has 4 heteroatoms. The molecule has 1 aromatic carbocycles. The van der Waals surface area contributed by atoms with Gasteiger partial charge in [0.05, 0.1) is 6.10 Å². The van der Waals surface area contributed by atoms with E-state index in [1.165, 1.54) is 6.07 Å². The second-order valence-electron chi connectivity index (χ2n) is 4.77. The van der Waals surface area contributed by atoms with Crippen LogP contribution in [0, 0.1) is 0 Å². The van der Waals surface area contributed by atoms with Crippen molar-refractivity contribution in [2.45, 2.75) is 44.9 Å². The highest BCUT2D eigenvalue weighted by molar-refractivity contribution is 5.24. The van der Waals surface area contributed by atoms with Gasteiger partial charge in [0, 0.05) is 24.8 Å². The fourth-order valence-electron chi connectivity index (χ4n) is 2.25. The Hall–Kier alpha value is -1.00. The SMILES string of the molecule is CC(NCc1cccc(C(F)F)c1)C1CCCO1. The monoisotopic (exact) mass is 255 g/mol. The van der Waals surface area contributed by atoms with E-state index in [9.17, 15) is 8.78 Å². The first-order valence-corrected chi connectivity index (χ1v) is 6.39. The Morgan fingerprint density at radius 1 is 1.44 bits per heavy atom. The molecule has 0 radical (unpaired) electrons. The van der Waals surface area contributed by atoms with Crippen LogP contribution in [-0.2, 0) is 11.3 Å². The number of nitrogens with one attached hydrogen (secondary N) is 1. The summed E-state index contributed by atoms with van der Waals surface area (Å²) in [6.07, 6.45) is 0.0341. The third-order valence-corrected chi connectivity index (χ3v) is 3.35. The molecule has 0 spiro atoms. The van der Waals surface area contributed by atoms with Crippen LogP contribution >= 0.6 is 0 Å². The first-order chi connectivity index (χ1) is 8.66. The Morgan fingerprint density at radius 3 is 2.94 bits per heavy atom. The quantitative estimate of drug-likeness (QED) is 0.871. The lowest BCUT2D eigenvalue weighted by molar-refractivity contribution is 0.0832. The molecule has 2 unspecified atom stereocenters. The maximum Gasteiger partial charge on any atom is 0.263 e. The van der Waals surface area contributed by atoms with Crippen LogP contribution in [0.3, 0.4) is 0 Å². The van der Waals surface area contributed by atoms with Crippen LogP contribution < -0.4 is 5.32 Å². The van der Waals surface area contributed by atoms with Crippen molar-refractivity contribution in [1.29, 1.82) is 0 Å². The van der Waals surface area contributed by atoms with Crippen molar-refractivity contribution < 1.29 is 13.5 Å². The van der Waals surface area contributed by atoms with Gasteiger partial charge in [-0.2, -0.15) is 0 Å². The summed E-state index contributed by atoms with van der Waals surface area (Å²) in [4.78, 5) is 0. The maximum absolute atomic E-state index is 12.6. The summed E-state index contributed by atoms with van der Waals surface area (Å²) >= 11 is 0. The minimum atomic E-state index is -2.40. The molecule has 1 aliphatic heterocycles. The van der Waals surface area contributed by atoms with Gasteiger partial charge in [0.15, 0.2) is 0 Å². The van der Waals surface area contributed by atoms with Gasteiger partial charge in [0.25, 0.3) is 6.43 Å². The van der Waals surface area contributed by atoms with Gasteiger partial charge in [-0.25, -0.2) is 8.78 Å². The van der Waals surface area contributed by atoms with Crippen LogP contribution in [0.25, 0.3) is 0 Å². The summed E-state index contributed by atoms with van der Waals surface area (Å²) in [6, 6.07) is 6.80. The second kappa shape index (κ2) is 6.25. The van der Waals surface area contributed by atoms with Crippen molar-refractivity contribution in [3.05, 3.63) is 35.4 Å². The molecule has 1 heterocycles. The Bertz CT molecular complexity index is 378. The summed E-state index contributed by atoms with van der Waals surface area (Å²) in [7, 11) is 0. The topological polar surface area (TPSA) is 21.3 Å². The summed E-state index contributed by atoms with van der Waals surface area (Å²) < 4.78 is 30.7. The molecule has 18 heavy (non-hydrogen) atoms. The molecule has 2 atom stereocenters. The fourth-order valence-corrected chi connectivity index (χ4v) is 2.25. The number of ether oxygens (including phenoxy) is 1. The van der Waals surface area contributed by atoms with Crippen LogP contribution in [0.1, 0.15) is 37.3 Å². The van der Waals surface area contributed by atoms with E-state index < -0.39 is 6.43 Å². The van der Waals surface area contributed by atoms with E-state index in [0.29, 0.717) is 6.54 Å². The van der Waals surface area contributed by atoms with Gasteiger partial charge in [-0.3, -0.25) is 0 Å². The molecule has 0 aliphatic carbocycles. The van der Waals surface area contributed by atoms with Gasteiger partial charge in [-0.1, -0.05) is 18.2 Å². The highest BCUT2D eigenvalue weighted by atomic mass is 19.3. The van der Waals surface area contributed by atoms with Crippen LogP contribution in [0.15, 0.2) is 24.3 Å². The molecule has 0 bridgehead atoms. The van der Waals surface area contributed by atoms with E-state index in [1.54, 1.807) is 12.1 Å². The highest BCUT2D eigenvalue weighted by Crippen LogP contribution is 2.20. The average Bonchev–Trinajstić information content (AvgIpc) is 2.90. The molecule has 0 amide bonds. The van der Waals surface area contributed by atoms with Crippen molar-refractivity contribution in [3.8, 4) is 0 Å². The molecule has 2 rings (SSSR count). The standard InChI is InChI=1S/C14H19F2NO/c1-10(13-6-3-7-18-13)17-9-11-4-2-5-12(8-11)14(15)16/h2,4-5,8,10,13-14,17H,3,6-7,9H2,1H3. The first-order valence-electron chi connectivity index (χ1n) is 6.39. The molecule has 1 aromatic rings. The van der Waals surface area contributed by atoms with Crippen molar-refractivity contribution in [3.63, 3.8) is 0 Å². The summed E-state index contributed by atoms with van der Waals surface area (Å²) in [5.74, 6) is 0. The molecule has 2 nitrogen and oxygen atoms in total. The summed E-state index contributed by atoms with van der Waals surface area (Å²) in [5, 5.41) is 3.34. The molecule has 0 saturated carbocycles. The molecule has 1 saturated heterocycles. The normalized spacial score (nSPS) is 21.4. The van der Waals surface area contributed by atoms with E-state index in [0.717, 1.165) is 25.0 Å². The number of hydrogen-bond donors (Lipinski definition) is 1. The van der Waals surface area contributed by atoms with Gasteiger partial charge < -0.3 is 10.1 Å². The van der Waals surface area contributed by atoms with Crippen molar-refractivity contribution in [2.75, 3.05) is 6.61 Å². The summed E-state index contributed by atoms with van der Waals surface area (Å²) in [5.41, 5.74) is 0.969. The summed E-state index contributed by atoms with van der Waals surface area (Å²) in [6.45, 7) is 3.51. The predicted molar refractivity (Wildman–Crippen MR) is 66.7 cm³/mol. The Morgan fingerprint density at radius 2 is 2.28 bits per heavy atom. The maximum atomic E-state index is 12.6. The van der Waals surface area contributed by atoms with Crippen LogP contribution in [0.4, 0.5) is 8.78 Å². The zero-order chi connectivity index (χ0) is 13.0. The zero-order valence-corrected chi connectivity index (χ0v) is 10.5. The number of halogens is 2. The van der Waals surface area contributed by atoms with Gasteiger partial charge in [0.2, 0.25) is 0 Å². The minimum absolute atomic E-state index is 0.0825. The van der Waals surface area contributed by atoms with Gasteiger partial charge >= 0.3 is 0 Å². The first kappa shape index (κ1) is 13.4. The molecule has 1 aliphatic rings. The average molecular weight is 255 g/mol. The smallest absolute Gasteiger partial charge is 0.263 e. The third kappa shape index (κ3) is 3.50. The third-order valence-electron chi connectivity index (χ3n) is 3.35. The number of rotatable bonds is 5. The Kier molecular flexibility index (Phi) is 4.66. The fraction of sp³-hybridized carbons (Fsp3) is 0.571. The molecular weight excluding hydrogens is 236 g/mol. The second-order valence-corrected chi connectivity index (χ2v) is 4.77. The van der Waals surface area contributed by atoms with E-state index >= 15 is 0 Å². The van der Waals surface area contributed by atoms with Crippen LogP contribution in [0.5, 0.6) is 0 Å². The van der Waals surface area contributed by atoms with Gasteiger partial charge in [0.1, 0.15) is 0 Å². The molecule has 100 valence electrons. The van der Waals surface area contributed by atoms with E-state index in [-0.39, 0.29) is 17.7 Å². The van der Waals surface area contributed by atoms with E-state index in [1.807, 2.05) is 6.07 Å². The lowest BCUT2D eigenvalue weighted by Crippen LogP contribution is -2.36. The molecule has 0 aromatic heterocycles. The number of hydrogen-bond acceptors (Lipinski definition) is 2. The van der Waals surface area contributed by atoms with Crippen molar-refractivity contribution in [1.82, 2.24) is 5.32 Å². The predicted octanol–water partition coefficient (Wildman–Crippen LogP) is 3.28. The van der Waals surface area contributed by atoms with E-state index in [4.69, 9.17) is 4.74 Å². The van der Waals surface area contributed by atoms with Gasteiger partial charge in [-0.15, -0.1) is 0 Å².